The number of aryl methyl sites for hydroxylation is 1. The van der Waals surface area contributed by atoms with Gasteiger partial charge in [0.05, 0.1) is 12.2 Å². The number of benzene rings is 2. The lowest BCUT2D eigenvalue weighted by molar-refractivity contribution is -0.152. The Morgan fingerprint density at radius 1 is 1.07 bits per heavy atom. The molecule has 7 heteroatoms. The smallest absolute Gasteiger partial charge is 0.326 e. The summed E-state index contributed by atoms with van der Waals surface area (Å²) in [7, 11) is 0. The average molecular weight is 384 g/mol. The summed E-state index contributed by atoms with van der Waals surface area (Å²) in [6.45, 7) is 5.25. The fourth-order valence-electron chi connectivity index (χ4n) is 2.44. The zero-order chi connectivity index (χ0) is 20.5. The summed E-state index contributed by atoms with van der Waals surface area (Å²) >= 11 is 0. The van der Waals surface area contributed by atoms with Crippen LogP contribution in [0.5, 0.6) is 5.75 Å². The van der Waals surface area contributed by atoms with Gasteiger partial charge < -0.3 is 20.1 Å². The van der Waals surface area contributed by atoms with Gasteiger partial charge in [-0.2, -0.15) is 0 Å². The van der Waals surface area contributed by atoms with E-state index >= 15 is 0 Å². The fourth-order valence-corrected chi connectivity index (χ4v) is 2.44. The molecule has 28 heavy (non-hydrogen) atoms. The standard InChI is InChI=1S/C21H24N2O5/c1-4-27-18-11-6-5-10-17(18)21(26)22-13-19(24)28-15(3)20(25)23-16-9-7-8-14(2)12-16/h5-12,15H,4,13H2,1-3H3,(H,22,26)(H,23,25)/t15-/m1/s1. The maximum atomic E-state index is 12.3. The van der Waals surface area contributed by atoms with Gasteiger partial charge in [0.2, 0.25) is 0 Å². The lowest BCUT2D eigenvalue weighted by Gasteiger charge is -2.14. The molecule has 2 N–H and O–H groups in total. The van der Waals surface area contributed by atoms with Crippen LogP contribution >= 0.6 is 0 Å². The van der Waals surface area contributed by atoms with Crippen molar-refractivity contribution in [2.45, 2.75) is 26.9 Å². The highest BCUT2D eigenvalue weighted by molar-refractivity contribution is 5.99. The summed E-state index contributed by atoms with van der Waals surface area (Å²) in [5.41, 5.74) is 1.94. The number of carbonyl (C=O) groups is 3. The van der Waals surface area contributed by atoms with Crippen molar-refractivity contribution < 1.29 is 23.9 Å². The molecule has 2 aromatic carbocycles. The van der Waals surface area contributed by atoms with Crippen molar-refractivity contribution in [3.8, 4) is 5.75 Å². The van der Waals surface area contributed by atoms with E-state index in [1.165, 1.54) is 6.92 Å². The third kappa shape index (κ3) is 6.12. The van der Waals surface area contributed by atoms with E-state index < -0.39 is 23.9 Å². The Bertz CT molecular complexity index is 850. The number of hydrogen-bond donors (Lipinski definition) is 2. The van der Waals surface area contributed by atoms with Crippen LogP contribution in [-0.2, 0) is 14.3 Å². The van der Waals surface area contributed by atoms with Crippen LogP contribution in [0, 0.1) is 6.92 Å². The van der Waals surface area contributed by atoms with Gasteiger partial charge in [0, 0.05) is 5.69 Å². The first kappa shape index (κ1) is 21.0. The van der Waals surface area contributed by atoms with E-state index in [-0.39, 0.29) is 6.54 Å². The van der Waals surface area contributed by atoms with Crippen LogP contribution in [0.1, 0.15) is 29.8 Å². The normalized spacial score (nSPS) is 11.2. The highest BCUT2D eigenvalue weighted by atomic mass is 16.5. The molecule has 2 amide bonds. The fraction of sp³-hybridized carbons (Fsp3) is 0.286. The number of para-hydroxylation sites is 1. The summed E-state index contributed by atoms with van der Waals surface area (Å²) in [5.74, 6) is -1.19. The molecule has 0 radical (unpaired) electrons. The first-order chi connectivity index (χ1) is 13.4. The molecule has 0 aromatic heterocycles. The van der Waals surface area contributed by atoms with Crippen molar-refractivity contribution in [2.75, 3.05) is 18.5 Å². The second-order valence-corrected chi connectivity index (χ2v) is 6.10. The Morgan fingerprint density at radius 3 is 2.54 bits per heavy atom. The van der Waals surface area contributed by atoms with Crippen LogP contribution in [0.3, 0.4) is 0 Å². The molecule has 0 heterocycles. The number of hydrogen-bond acceptors (Lipinski definition) is 5. The Balaban J connectivity index is 1.84. The summed E-state index contributed by atoms with van der Waals surface area (Å²) in [4.78, 5) is 36.4. The van der Waals surface area contributed by atoms with Gasteiger partial charge in [0.15, 0.2) is 6.10 Å². The third-order valence-electron chi connectivity index (χ3n) is 3.79. The molecule has 0 fully saturated rings. The number of nitrogens with one attached hydrogen (secondary N) is 2. The predicted molar refractivity (Wildman–Crippen MR) is 105 cm³/mol. The van der Waals surface area contributed by atoms with Crippen LogP contribution < -0.4 is 15.4 Å². The summed E-state index contributed by atoms with van der Waals surface area (Å²) in [5, 5.41) is 5.15. The minimum atomic E-state index is -0.999. The molecule has 0 aliphatic heterocycles. The average Bonchev–Trinajstić information content (AvgIpc) is 2.66. The van der Waals surface area contributed by atoms with Crippen molar-refractivity contribution >= 4 is 23.5 Å². The maximum absolute atomic E-state index is 12.3. The van der Waals surface area contributed by atoms with Gasteiger partial charge >= 0.3 is 5.97 Å². The van der Waals surface area contributed by atoms with E-state index in [2.05, 4.69) is 10.6 Å². The second-order valence-electron chi connectivity index (χ2n) is 6.10. The van der Waals surface area contributed by atoms with Gasteiger partial charge in [0.1, 0.15) is 12.3 Å². The van der Waals surface area contributed by atoms with Crippen molar-refractivity contribution in [3.05, 3.63) is 59.7 Å². The maximum Gasteiger partial charge on any atom is 0.326 e. The van der Waals surface area contributed by atoms with Gasteiger partial charge in [-0.25, -0.2) is 0 Å². The molecule has 0 aliphatic rings. The molecule has 2 rings (SSSR count). The number of amides is 2. The van der Waals surface area contributed by atoms with Crippen molar-refractivity contribution in [2.24, 2.45) is 0 Å². The zero-order valence-corrected chi connectivity index (χ0v) is 16.2. The molecule has 7 nitrogen and oxygen atoms in total. The first-order valence-corrected chi connectivity index (χ1v) is 8.97. The quantitative estimate of drug-likeness (QED) is 0.683. The minimum absolute atomic E-state index is 0.322. The third-order valence-corrected chi connectivity index (χ3v) is 3.79. The molecule has 0 saturated heterocycles. The zero-order valence-electron chi connectivity index (χ0n) is 16.2. The second kappa shape index (κ2) is 10.1. The monoisotopic (exact) mass is 384 g/mol. The Kier molecular flexibility index (Phi) is 7.56. The molecular formula is C21H24N2O5. The van der Waals surface area contributed by atoms with Crippen LogP contribution in [-0.4, -0.2) is 37.0 Å². The van der Waals surface area contributed by atoms with E-state index in [1.807, 2.05) is 32.0 Å². The number of carbonyl (C=O) groups excluding carboxylic acids is 3. The SMILES string of the molecule is CCOc1ccccc1C(=O)NCC(=O)O[C@H](C)C(=O)Nc1cccc(C)c1. The Labute approximate surface area is 164 Å². The molecular weight excluding hydrogens is 360 g/mol. The van der Waals surface area contributed by atoms with Gasteiger partial charge in [0.25, 0.3) is 11.8 Å². The van der Waals surface area contributed by atoms with Crippen LogP contribution in [0.2, 0.25) is 0 Å². The lowest BCUT2D eigenvalue weighted by Crippen LogP contribution is -2.36. The summed E-state index contributed by atoms with van der Waals surface area (Å²) < 4.78 is 10.5. The molecule has 2 aromatic rings. The van der Waals surface area contributed by atoms with Gasteiger partial charge in [-0.3, -0.25) is 14.4 Å². The van der Waals surface area contributed by atoms with Gasteiger partial charge in [-0.05, 0) is 50.6 Å². The minimum Gasteiger partial charge on any atom is -0.493 e. The Morgan fingerprint density at radius 2 is 1.82 bits per heavy atom. The van der Waals surface area contributed by atoms with Crippen molar-refractivity contribution in [1.82, 2.24) is 5.32 Å². The van der Waals surface area contributed by atoms with Crippen LogP contribution in [0.4, 0.5) is 5.69 Å². The molecule has 0 bridgehead atoms. The largest absolute Gasteiger partial charge is 0.493 e. The topological polar surface area (TPSA) is 93.7 Å². The number of anilines is 1. The highest BCUT2D eigenvalue weighted by Gasteiger charge is 2.19. The van der Waals surface area contributed by atoms with Crippen LogP contribution in [0.25, 0.3) is 0 Å². The van der Waals surface area contributed by atoms with E-state index in [0.717, 1.165) is 5.56 Å². The lowest BCUT2D eigenvalue weighted by atomic mass is 10.2. The van der Waals surface area contributed by atoms with Gasteiger partial charge in [-0.1, -0.05) is 24.3 Å². The molecule has 1 atom stereocenters. The molecule has 0 spiro atoms. The predicted octanol–water partition coefficient (Wildman–Crippen LogP) is 2.69. The summed E-state index contributed by atoms with van der Waals surface area (Å²) in [6.07, 6.45) is -0.999. The van der Waals surface area contributed by atoms with E-state index in [1.54, 1.807) is 30.3 Å². The number of esters is 1. The van der Waals surface area contributed by atoms with E-state index in [9.17, 15) is 14.4 Å². The molecule has 0 saturated carbocycles. The molecule has 0 unspecified atom stereocenters. The number of ether oxygens (including phenoxy) is 2. The summed E-state index contributed by atoms with van der Waals surface area (Å²) in [6, 6.07) is 14.0. The first-order valence-electron chi connectivity index (χ1n) is 8.97. The van der Waals surface area contributed by atoms with Crippen LogP contribution in [0.15, 0.2) is 48.5 Å². The van der Waals surface area contributed by atoms with Gasteiger partial charge in [-0.15, -0.1) is 0 Å². The van der Waals surface area contributed by atoms with Crippen molar-refractivity contribution in [1.29, 1.82) is 0 Å². The van der Waals surface area contributed by atoms with E-state index in [4.69, 9.17) is 9.47 Å². The number of rotatable bonds is 8. The Hall–Kier alpha value is -3.35. The highest BCUT2D eigenvalue weighted by Crippen LogP contribution is 2.17. The molecule has 148 valence electrons. The molecule has 0 aliphatic carbocycles. The van der Waals surface area contributed by atoms with Crippen molar-refractivity contribution in [3.63, 3.8) is 0 Å². The van der Waals surface area contributed by atoms with E-state index in [0.29, 0.717) is 23.6 Å².